The number of hydrogen-bond donors (Lipinski definition) is 1. The van der Waals surface area contributed by atoms with Gasteiger partial charge in [-0.1, -0.05) is 45.7 Å². The van der Waals surface area contributed by atoms with Crippen molar-refractivity contribution in [3.8, 4) is 0 Å². The van der Waals surface area contributed by atoms with E-state index >= 15 is 0 Å². The summed E-state index contributed by atoms with van der Waals surface area (Å²) in [4.78, 5) is -0.156. The van der Waals surface area contributed by atoms with Gasteiger partial charge in [-0.25, -0.2) is 0 Å². The lowest BCUT2D eigenvalue weighted by atomic mass is 9.47. The Labute approximate surface area is 147 Å². The molecule has 2 saturated heterocycles. The molecule has 2 heterocycles. The van der Waals surface area contributed by atoms with Crippen molar-refractivity contribution in [1.29, 1.82) is 0 Å². The molecule has 2 aliphatic carbocycles. The monoisotopic (exact) mass is 442 g/mol. The van der Waals surface area contributed by atoms with Crippen molar-refractivity contribution in [3.63, 3.8) is 0 Å². The Morgan fingerprint density at radius 1 is 1.14 bits per heavy atom. The molecule has 3 nitrogen and oxygen atoms in total. The van der Waals surface area contributed by atoms with Gasteiger partial charge in [0.15, 0.2) is 4.51 Å². The van der Waals surface area contributed by atoms with Crippen LogP contribution in [0.1, 0.15) is 40.5 Å². The summed E-state index contributed by atoms with van der Waals surface area (Å²) in [6.45, 7) is 8.56. The summed E-state index contributed by atoms with van der Waals surface area (Å²) >= 11 is 14.3. The Kier molecular flexibility index (Phi) is 2.87. The van der Waals surface area contributed by atoms with Gasteiger partial charge in [0.25, 0.3) is 0 Å². The Morgan fingerprint density at radius 2 is 1.76 bits per heavy atom. The van der Waals surface area contributed by atoms with E-state index < -0.39 is 10.6 Å². The largest absolute Gasteiger partial charge is 0.386 e. The zero-order valence-corrected chi connectivity index (χ0v) is 16.5. The second kappa shape index (κ2) is 3.85. The molecular formula is C15H21Br2ClO3. The maximum atomic E-state index is 10.8. The summed E-state index contributed by atoms with van der Waals surface area (Å²) in [5, 5.41) is 10.8. The first-order valence-corrected chi connectivity index (χ1v) is 9.58. The summed E-state index contributed by atoms with van der Waals surface area (Å²) in [6, 6.07) is 0. The third kappa shape index (κ3) is 1.41. The SMILES string of the molecule is CC1(C)[C@@]2(Br)OC3C[C@](C)(Cl)[C@@H](Br)C[C@]31[C@]1(C)O[C@@H]1[C@H]2O. The zero-order valence-electron chi connectivity index (χ0n) is 12.6. The molecule has 2 bridgehead atoms. The summed E-state index contributed by atoms with van der Waals surface area (Å²) < 4.78 is 11.7. The van der Waals surface area contributed by atoms with Crippen LogP contribution in [0.5, 0.6) is 0 Å². The van der Waals surface area contributed by atoms with Gasteiger partial charge in [-0.3, -0.25) is 0 Å². The molecule has 4 rings (SSSR count). The Balaban J connectivity index is 1.92. The highest BCUT2D eigenvalue weighted by atomic mass is 79.9. The topological polar surface area (TPSA) is 42.0 Å². The van der Waals surface area contributed by atoms with Crippen molar-refractivity contribution in [2.45, 2.75) is 78.7 Å². The van der Waals surface area contributed by atoms with Crippen LogP contribution in [0.3, 0.4) is 0 Å². The molecule has 1 N–H and O–H groups in total. The van der Waals surface area contributed by atoms with Crippen LogP contribution in [-0.4, -0.2) is 43.2 Å². The minimum Gasteiger partial charge on any atom is -0.386 e. The molecule has 2 aliphatic heterocycles. The van der Waals surface area contributed by atoms with E-state index in [0.29, 0.717) is 0 Å². The molecule has 120 valence electrons. The molecule has 4 aliphatic rings. The molecule has 1 spiro atoms. The van der Waals surface area contributed by atoms with Crippen molar-refractivity contribution in [2.75, 3.05) is 0 Å². The van der Waals surface area contributed by atoms with Crippen molar-refractivity contribution < 1.29 is 14.6 Å². The number of ether oxygens (including phenoxy) is 2. The number of fused-ring (bicyclic) bond motifs is 2. The minimum absolute atomic E-state index is 0.0182. The van der Waals surface area contributed by atoms with Gasteiger partial charge in [-0.15, -0.1) is 11.6 Å². The summed E-state index contributed by atoms with van der Waals surface area (Å²) in [7, 11) is 0. The fourth-order valence-corrected chi connectivity index (χ4v) is 7.22. The molecular weight excluding hydrogens is 423 g/mol. The molecule has 0 radical (unpaired) electrons. The predicted molar refractivity (Wildman–Crippen MR) is 88.2 cm³/mol. The van der Waals surface area contributed by atoms with Crippen LogP contribution >= 0.6 is 43.5 Å². The smallest absolute Gasteiger partial charge is 0.157 e. The molecule has 6 heteroatoms. The number of hydrogen-bond acceptors (Lipinski definition) is 3. The van der Waals surface area contributed by atoms with E-state index in [2.05, 4.69) is 59.6 Å². The van der Waals surface area contributed by atoms with Gasteiger partial charge in [0, 0.05) is 15.7 Å². The second-order valence-corrected chi connectivity index (χ2v) is 11.2. The Hall–Kier alpha value is 1.13. The maximum absolute atomic E-state index is 10.8. The third-order valence-corrected chi connectivity index (χ3v) is 10.6. The standard InChI is InChI=1S/C15H21Br2ClO3/c1-11(2)14-5-7(16)12(3,18)6-8(14)20-15(11,17)9(19)10-13(14,4)21-10/h7-10,19H,5-6H2,1-4H3/t7-,8?,9+,10+,12-,13+,14-,15-/m0/s1. The van der Waals surface area contributed by atoms with Crippen LogP contribution in [0.25, 0.3) is 0 Å². The first-order chi connectivity index (χ1) is 9.44. The minimum atomic E-state index is -0.768. The molecule has 1 unspecified atom stereocenters. The van der Waals surface area contributed by atoms with Gasteiger partial charge in [-0.05, 0) is 26.7 Å². The lowest BCUT2D eigenvalue weighted by molar-refractivity contribution is -0.0937. The average molecular weight is 445 g/mol. The molecule has 0 amide bonds. The molecule has 8 atom stereocenters. The highest BCUT2D eigenvalue weighted by molar-refractivity contribution is 9.10. The molecule has 0 aromatic rings. The fraction of sp³-hybridized carbons (Fsp3) is 1.00. The van der Waals surface area contributed by atoms with E-state index in [9.17, 15) is 5.11 Å². The first-order valence-electron chi connectivity index (χ1n) is 7.50. The normalized spacial score (nSPS) is 67.4. The average Bonchev–Trinajstić information content (AvgIpc) is 3.00. The first kappa shape index (κ1) is 15.6. The van der Waals surface area contributed by atoms with E-state index in [1.807, 2.05) is 0 Å². The van der Waals surface area contributed by atoms with E-state index in [4.69, 9.17) is 21.1 Å². The van der Waals surface area contributed by atoms with Crippen molar-refractivity contribution in [1.82, 2.24) is 0 Å². The quantitative estimate of drug-likeness (QED) is 0.459. The fourth-order valence-electron chi connectivity index (χ4n) is 5.48. The van der Waals surface area contributed by atoms with Crippen molar-refractivity contribution >= 4 is 43.5 Å². The van der Waals surface area contributed by atoms with Gasteiger partial charge in [0.1, 0.15) is 17.8 Å². The second-order valence-electron chi connectivity index (χ2n) is 8.09. The third-order valence-electron chi connectivity index (χ3n) is 6.98. The van der Waals surface area contributed by atoms with Gasteiger partial charge in [0.2, 0.25) is 0 Å². The molecule has 0 aromatic carbocycles. The van der Waals surface area contributed by atoms with Crippen LogP contribution in [0.4, 0.5) is 0 Å². The number of epoxide rings is 1. The lowest BCUT2D eigenvalue weighted by Crippen LogP contribution is -2.66. The van der Waals surface area contributed by atoms with Crippen molar-refractivity contribution in [2.24, 2.45) is 10.8 Å². The maximum Gasteiger partial charge on any atom is 0.157 e. The van der Waals surface area contributed by atoms with Crippen LogP contribution < -0.4 is 0 Å². The summed E-state index contributed by atoms with van der Waals surface area (Å²) in [5.41, 5.74) is -0.755. The molecule has 2 saturated carbocycles. The number of aliphatic hydroxyl groups is 1. The number of alkyl halides is 3. The summed E-state index contributed by atoms with van der Waals surface area (Å²) in [5.74, 6) is 0. The van der Waals surface area contributed by atoms with Crippen LogP contribution in [0, 0.1) is 10.8 Å². The van der Waals surface area contributed by atoms with Crippen LogP contribution in [0.2, 0.25) is 0 Å². The van der Waals surface area contributed by atoms with Crippen molar-refractivity contribution in [3.05, 3.63) is 0 Å². The lowest BCUT2D eigenvalue weighted by Gasteiger charge is -2.57. The number of halogens is 3. The van der Waals surface area contributed by atoms with E-state index in [1.165, 1.54) is 0 Å². The van der Waals surface area contributed by atoms with Crippen LogP contribution in [0.15, 0.2) is 0 Å². The van der Waals surface area contributed by atoms with Gasteiger partial charge in [-0.2, -0.15) is 0 Å². The Bertz CT molecular complexity index is 527. The predicted octanol–water partition coefficient (Wildman–Crippen LogP) is 3.58. The number of rotatable bonds is 0. The zero-order chi connectivity index (χ0) is 15.6. The Morgan fingerprint density at radius 3 is 2.38 bits per heavy atom. The van der Waals surface area contributed by atoms with Gasteiger partial charge < -0.3 is 14.6 Å². The summed E-state index contributed by atoms with van der Waals surface area (Å²) in [6.07, 6.45) is 0.797. The van der Waals surface area contributed by atoms with Crippen LogP contribution in [-0.2, 0) is 9.47 Å². The number of aliphatic hydroxyl groups excluding tert-OH is 1. The highest BCUT2D eigenvalue weighted by Gasteiger charge is 2.89. The van der Waals surface area contributed by atoms with E-state index in [-0.39, 0.29) is 38.3 Å². The molecule has 0 aromatic heterocycles. The highest BCUT2D eigenvalue weighted by Crippen LogP contribution is 2.80. The van der Waals surface area contributed by atoms with E-state index in [0.717, 1.165) is 12.8 Å². The van der Waals surface area contributed by atoms with Gasteiger partial charge in [0.05, 0.1) is 11.0 Å². The molecule has 4 fully saturated rings. The van der Waals surface area contributed by atoms with Gasteiger partial charge >= 0.3 is 0 Å². The van der Waals surface area contributed by atoms with E-state index in [1.54, 1.807) is 0 Å². The molecule has 21 heavy (non-hydrogen) atoms.